The summed E-state index contributed by atoms with van der Waals surface area (Å²) in [6.45, 7) is 2.34. The summed E-state index contributed by atoms with van der Waals surface area (Å²) in [6, 6.07) is 32.4. The van der Waals surface area contributed by atoms with Crippen LogP contribution >= 0.6 is 0 Å². The summed E-state index contributed by atoms with van der Waals surface area (Å²) >= 11 is 0. The van der Waals surface area contributed by atoms with Gasteiger partial charge in [-0.25, -0.2) is 4.39 Å². The lowest BCUT2D eigenvalue weighted by Crippen LogP contribution is -2.52. The van der Waals surface area contributed by atoms with Crippen molar-refractivity contribution in [1.82, 2.24) is 0 Å². The minimum Gasteiger partial charge on any atom is -0.207 e. The third-order valence-corrected chi connectivity index (χ3v) is 15.1. The Morgan fingerprint density at radius 3 is 1.97 bits per heavy atom. The fourth-order valence-corrected chi connectivity index (χ4v) is 12.9. The Hall–Kier alpha value is -2.19. The minimum atomic E-state index is -1.42. The molecule has 1 heterocycles. The van der Waals surface area contributed by atoms with Crippen molar-refractivity contribution < 1.29 is 4.39 Å². The van der Waals surface area contributed by atoms with Crippen LogP contribution in [0.2, 0.25) is 18.1 Å². The molecule has 0 spiro atoms. The van der Waals surface area contributed by atoms with Crippen LogP contribution in [0.4, 0.5) is 4.39 Å². The third kappa shape index (κ3) is 5.25. The van der Waals surface area contributed by atoms with Gasteiger partial charge in [-0.2, -0.15) is 0 Å². The van der Waals surface area contributed by atoms with Crippen molar-refractivity contribution in [3.63, 3.8) is 0 Å². The monoisotopic (exact) mass is 498 g/mol. The van der Waals surface area contributed by atoms with E-state index in [1.807, 2.05) is 12.1 Å². The van der Waals surface area contributed by atoms with E-state index < -0.39 is 8.07 Å². The standard InChI is InChI=1S/C34H43FSi/c1-2-3-10-25-36(33-11-6-4-7-12-33)26-21-31(22-27-36)34(23-8-5-9-24-34)30-17-13-28(14-18-30)29-15-19-32(35)20-16-29/h4,6-7,11-20,31H,2-3,5,8-10,21-27H2,1H3. The van der Waals surface area contributed by atoms with Crippen molar-refractivity contribution in [1.29, 1.82) is 0 Å². The predicted molar refractivity (Wildman–Crippen MR) is 155 cm³/mol. The molecule has 1 saturated heterocycles. The predicted octanol–water partition coefficient (Wildman–Crippen LogP) is 9.65. The quantitative estimate of drug-likeness (QED) is 0.214. The Morgan fingerprint density at radius 2 is 1.36 bits per heavy atom. The molecule has 36 heavy (non-hydrogen) atoms. The Morgan fingerprint density at radius 1 is 0.750 bits per heavy atom. The Balaban J connectivity index is 1.38. The average Bonchev–Trinajstić information content (AvgIpc) is 2.95. The van der Waals surface area contributed by atoms with E-state index in [0.717, 1.165) is 11.5 Å². The van der Waals surface area contributed by atoms with Gasteiger partial charge < -0.3 is 0 Å². The highest BCUT2D eigenvalue weighted by atomic mass is 28.3. The maximum atomic E-state index is 13.4. The van der Waals surface area contributed by atoms with Gasteiger partial charge in [0.1, 0.15) is 5.82 Å². The van der Waals surface area contributed by atoms with Crippen molar-refractivity contribution in [2.75, 3.05) is 0 Å². The van der Waals surface area contributed by atoms with Gasteiger partial charge in [0.25, 0.3) is 0 Å². The van der Waals surface area contributed by atoms with Crippen LogP contribution in [0, 0.1) is 11.7 Å². The summed E-state index contributed by atoms with van der Waals surface area (Å²) in [6.07, 6.45) is 13.8. The molecule has 190 valence electrons. The molecular formula is C34H43FSi. The zero-order chi connectivity index (χ0) is 24.8. The van der Waals surface area contributed by atoms with E-state index in [1.54, 1.807) is 22.9 Å². The maximum Gasteiger partial charge on any atom is 0.123 e. The van der Waals surface area contributed by atoms with E-state index >= 15 is 0 Å². The summed E-state index contributed by atoms with van der Waals surface area (Å²) in [4.78, 5) is 0. The molecule has 0 amide bonds. The Labute approximate surface area is 219 Å². The molecular weight excluding hydrogens is 455 g/mol. The second-order valence-corrected chi connectivity index (χ2v) is 16.3. The zero-order valence-corrected chi connectivity index (χ0v) is 23.2. The molecule has 0 N–H and O–H groups in total. The molecule has 0 unspecified atom stereocenters. The highest BCUT2D eigenvalue weighted by molar-refractivity contribution is 6.92. The molecule has 2 heteroatoms. The highest BCUT2D eigenvalue weighted by Gasteiger charge is 2.46. The highest BCUT2D eigenvalue weighted by Crippen LogP contribution is 2.52. The lowest BCUT2D eigenvalue weighted by molar-refractivity contribution is 0.174. The first kappa shape index (κ1) is 25.5. The van der Waals surface area contributed by atoms with E-state index in [9.17, 15) is 4.39 Å². The first-order valence-corrected chi connectivity index (χ1v) is 17.2. The summed E-state index contributed by atoms with van der Waals surface area (Å²) in [5, 5.41) is 1.72. The summed E-state index contributed by atoms with van der Waals surface area (Å²) < 4.78 is 13.4. The molecule has 1 aliphatic carbocycles. The molecule has 1 saturated carbocycles. The number of unbranched alkanes of at least 4 members (excludes halogenated alkanes) is 2. The maximum absolute atomic E-state index is 13.4. The fourth-order valence-electron chi connectivity index (χ4n) is 7.66. The number of halogens is 1. The largest absolute Gasteiger partial charge is 0.207 e. The smallest absolute Gasteiger partial charge is 0.123 e. The summed E-state index contributed by atoms with van der Waals surface area (Å²) in [5.41, 5.74) is 4.21. The molecule has 2 aliphatic rings. The van der Waals surface area contributed by atoms with Crippen LogP contribution in [0.5, 0.6) is 0 Å². The molecule has 0 radical (unpaired) electrons. The van der Waals surface area contributed by atoms with Crippen LogP contribution in [0.25, 0.3) is 11.1 Å². The van der Waals surface area contributed by atoms with Gasteiger partial charge >= 0.3 is 0 Å². The van der Waals surface area contributed by atoms with Gasteiger partial charge in [-0.1, -0.05) is 148 Å². The molecule has 5 rings (SSSR count). The van der Waals surface area contributed by atoms with E-state index in [1.165, 1.54) is 87.9 Å². The number of hydrogen-bond donors (Lipinski definition) is 0. The summed E-state index contributed by atoms with van der Waals surface area (Å²) in [5.74, 6) is 0.642. The lowest BCUT2D eigenvalue weighted by atomic mass is 9.60. The van der Waals surface area contributed by atoms with E-state index in [0.29, 0.717) is 5.41 Å². The topological polar surface area (TPSA) is 0 Å². The number of benzene rings is 3. The van der Waals surface area contributed by atoms with Gasteiger partial charge in [-0.15, -0.1) is 0 Å². The molecule has 0 atom stereocenters. The van der Waals surface area contributed by atoms with Gasteiger partial charge in [0, 0.05) is 0 Å². The SMILES string of the molecule is CCCCC[Si]1(c2ccccc2)CCC(C2(c3ccc(-c4ccc(F)cc4)cc3)CCCCC2)CC1. The van der Waals surface area contributed by atoms with Crippen molar-refractivity contribution in [2.45, 2.75) is 94.7 Å². The Bertz CT molecular complexity index is 1070. The fraction of sp³-hybridized carbons (Fsp3) is 0.471. The second kappa shape index (κ2) is 11.5. The van der Waals surface area contributed by atoms with Crippen LogP contribution < -0.4 is 5.19 Å². The second-order valence-electron chi connectivity index (χ2n) is 11.7. The lowest BCUT2D eigenvalue weighted by Gasteiger charge is -2.49. The van der Waals surface area contributed by atoms with Crippen molar-refractivity contribution in [3.05, 3.63) is 90.2 Å². The van der Waals surface area contributed by atoms with Crippen LogP contribution in [0.3, 0.4) is 0 Å². The normalized spacial score (nSPS) is 23.9. The van der Waals surface area contributed by atoms with Crippen molar-refractivity contribution in [2.24, 2.45) is 5.92 Å². The van der Waals surface area contributed by atoms with Gasteiger partial charge in [0.2, 0.25) is 0 Å². The average molecular weight is 499 g/mol. The van der Waals surface area contributed by atoms with E-state index in [4.69, 9.17) is 0 Å². The van der Waals surface area contributed by atoms with Crippen LogP contribution in [-0.4, -0.2) is 8.07 Å². The Kier molecular flexibility index (Phi) is 8.11. The van der Waals surface area contributed by atoms with E-state index in [2.05, 4.69) is 61.5 Å². The van der Waals surface area contributed by atoms with Gasteiger partial charge in [-0.05, 0) is 53.0 Å². The van der Waals surface area contributed by atoms with Crippen molar-refractivity contribution in [3.8, 4) is 11.1 Å². The third-order valence-electron chi connectivity index (χ3n) is 9.75. The first-order valence-electron chi connectivity index (χ1n) is 14.6. The van der Waals surface area contributed by atoms with Crippen LogP contribution in [0.1, 0.15) is 76.7 Å². The molecule has 2 fully saturated rings. The van der Waals surface area contributed by atoms with Gasteiger partial charge in [0.05, 0.1) is 8.07 Å². The molecule has 3 aromatic carbocycles. The molecule has 3 aromatic rings. The van der Waals surface area contributed by atoms with Crippen LogP contribution in [-0.2, 0) is 5.41 Å². The first-order chi connectivity index (χ1) is 17.7. The molecule has 1 aliphatic heterocycles. The molecule has 0 aromatic heterocycles. The number of hydrogen-bond acceptors (Lipinski definition) is 0. The van der Waals surface area contributed by atoms with Crippen LogP contribution in [0.15, 0.2) is 78.9 Å². The zero-order valence-electron chi connectivity index (χ0n) is 22.2. The molecule has 0 bridgehead atoms. The van der Waals surface area contributed by atoms with E-state index in [-0.39, 0.29) is 5.82 Å². The van der Waals surface area contributed by atoms with Crippen molar-refractivity contribution >= 4 is 13.3 Å². The number of rotatable bonds is 8. The molecule has 0 nitrogen and oxygen atoms in total. The van der Waals surface area contributed by atoms with Gasteiger partial charge in [0.15, 0.2) is 0 Å². The summed E-state index contributed by atoms with van der Waals surface area (Å²) in [7, 11) is -1.42. The van der Waals surface area contributed by atoms with Gasteiger partial charge in [-0.3, -0.25) is 0 Å². The minimum absolute atomic E-state index is 0.168.